The molecule has 4 nitrogen and oxygen atoms in total. The minimum absolute atomic E-state index is 0.0694. The van der Waals surface area contributed by atoms with E-state index >= 15 is 0 Å². The van der Waals surface area contributed by atoms with Crippen LogP contribution in [0.3, 0.4) is 0 Å². The van der Waals surface area contributed by atoms with E-state index in [1.54, 1.807) is 23.8 Å². The number of esters is 1. The number of fused-ring (bicyclic) bond motifs is 2. The molecule has 0 spiro atoms. The summed E-state index contributed by atoms with van der Waals surface area (Å²) >= 11 is 0. The summed E-state index contributed by atoms with van der Waals surface area (Å²) < 4.78 is 52.5. The first-order valence-corrected chi connectivity index (χ1v) is 9.13. The number of hydrogen-bond acceptors (Lipinski definition) is 3. The van der Waals surface area contributed by atoms with Gasteiger partial charge >= 0.3 is 12.1 Å². The summed E-state index contributed by atoms with van der Waals surface area (Å²) in [4.78, 5) is 12.4. The molecule has 150 valence electrons. The van der Waals surface area contributed by atoms with E-state index in [0.29, 0.717) is 16.7 Å². The highest BCUT2D eigenvalue weighted by Gasteiger charge is 2.33. The molecule has 2 aromatic heterocycles. The third-order valence-corrected chi connectivity index (χ3v) is 4.94. The van der Waals surface area contributed by atoms with E-state index in [-0.39, 0.29) is 18.7 Å². The summed E-state index contributed by atoms with van der Waals surface area (Å²) in [5.74, 6) is -0.108. The van der Waals surface area contributed by atoms with E-state index in [4.69, 9.17) is 9.15 Å². The molecule has 0 bridgehead atoms. The Morgan fingerprint density at radius 2 is 1.93 bits per heavy atom. The Hall–Kier alpha value is -3.22. The summed E-state index contributed by atoms with van der Waals surface area (Å²) in [5.41, 5.74) is 1.07. The molecule has 0 saturated carbocycles. The number of aromatic nitrogens is 1. The van der Waals surface area contributed by atoms with Crippen LogP contribution in [0.5, 0.6) is 0 Å². The van der Waals surface area contributed by atoms with Crippen LogP contribution in [0.1, 0.15) is 34.2 Å². The van der Waals surface area contributed by atoms with Crippen LogP contribution in [0, 0.1) is 6.92 Å². The van der Waals surface area contributed by atoms with Crippen LogP contribution in [0.25, 0.3) is 21.9 Å². The topological polar surface area (TPSA) is 44.4 Å². The normalized spacial score (nSPS) is 12.0. The molecule has 7 heteroatoms. The Bertz CT molecular complexity index is 1220. The van der Waals surface area contributed by atoms with Crippen molar-refractivity contribution in [3.63, 3.8) is 0 Å². The SMILES string of the molecule is CCOC(=O)c1cc(C(F)(F)F)cc2ccn(Cc3oc4ccccc4c3C)c12. The van der Waals surface area contributed by atoms with Crippen LogP contribution in [-0.4, -0.2) is 17.1 Å². The van der Waals surface area contributed by atoms with E-state index in [9.17, 15) is 18.0 Å². The average Bonchev–Trinajstić information content (AvgIpc) is 3.22. The number of furan rings is 1. The molecule has 0 aliphatic carbocycles. The third-order valence-electron chi connectivity index (χ3n) is 4.94. The van der Waals surface area contributed by atoms with Gasteiger partial charge in [0.15, 0.2) is 0 Å². The van der Waals surface area contributed by atoms with Crippen LogP contribution < -0.4 is 0 Å². The number of para-hydroxylation sites is 1. The number of rotatable bonds is 4. The van der Waals surface area contributed by atoms with Crippen molar-refractivity contribution in [1.29, 1.82) is 0 Å². The van der Waals surface area contributed by atoms with Gasteiger partial charge in [0, 0.05) is 22.5 Å². The van der Waals surface area contributed by atoms with Crippen molar-refractivity contribution in [1.82, 2.24) is 4.57 Å². The number of carbonyl (C=O) groups excluding carboxylic acids is 1. The maximum Gasteiger partial charge on any atom is 0.416 e. The molecular formula is C22H18F3NO3. The fourth-order valence-corrected chi connectivity index (χ4v) is 3.54. The third kappa shape index (κ3) is 3.37. The minimum Gasteiger partial charge on any atom is -0.462 e. The number of hydrogen-bond donors (Lipinski definition) is 0. The number of benzene rings is 2. The van der Waals surface area contributed by atoms with Crippen molar-refractivity contribution < 1.29 is 27.1 Å². The fourth-order valence-electron chi connectivity index (χ4n) is 3.54. The van der Waals surface area contributed by atoms with Gasteiger partial charge < -0.3 is 13.7 Å². The summed E-state index contributed by atoms with van der Waals surface area (Å²) in [6, 6.07) is 11.0. The van der Waals surface area contributed by atoms with Gasteiger partial charge in [0.05, 0.1) is 29.8 Å². The van der Waals surface area contributed by atoms with Crippen molar-refractivity contribution in [2.75, 3.05) is 6.61 Å². The zero-order chi connectivity index (χ0) is 20.8. The van der Waals surface area contributed by atoms with Gasteiger partial charge in [-0.3, -0.25) is 0 Å². The first kappa shape index (κ1) is 19.1. The van der Waals surface area contributed by atoms with Crippen LogP contribution in [0.15, 0.2) is 53.1 Å². The first-order valence-electron chi connectivity index (χ1n) is 9.13. The average molecular weight is 401 g/mol. The minimum atomic E-state index is -4.56. The molecule has 0 unspecified atom stereocenters. The molecule has 0 amide bonds. The van der Waals surface area contributed by atoms with Crippen LogP contribution in [0.2, 0.25) is 0 Å². The summed E-state index contributed by atoms with van der Waals surface area (Å²) in [5, 5.41) is 1.29. The second-order valence-electron chi connectivity index (χ2n) is 6.77. The highest BCUT2D eigenvalue weighted by Crippen LogP contribution is 2.35. The van der Waals surface area contributed by atoms with E-state index in [0.717, 1.165) is 28.7 Å². The predicted octanol–water partition coefficient (Wildman–Crippen LogP) is 5.94. The zero-order valence-electron chi connectivity index (χ0n) is 15.8. The smallest absolute Gasteiger partial charge is 0.416 e. The molecule has 0 aliphatic rings. The van der Waals surface area contributed by atoms with E-state index in [1.807, 2.05) is 31.2 Å². The van der Waals surface area contributed by atoms with Gasteiger partial charge in [-0.15, -0.1) is 0 Å². The molecule has 4 aromatic rings. The molecule has 0 saturated heterocycles. The molecule has 0 fully saturated rings. The van der Waals surface area contributed by atoms with Crippen molar-refractivity contribution in [3.8, 4) is 0 Å². The van der Waals surface area contributed by atoms with Gasteiger partial charge in [0.2, 0.25) is 0 Å². The molecule has 2 heterocycles. The van der Waals surface area contributed by atoms with Gasteiger partial charge in [-0.1, -0.05) is 18.2 Å². The first-order chi connectivity index (χ1) is 13.8. The fraction of sp³-hybridized carbons (Fsp3) is 0.227. The van der Waals surface area contributed by atoms with Gasteiger partial charge in [-0.2, -0.15) is 13.2 Å². The summed E-state index contributed by atoms with van der Waals surface area (Å²) in [6.07, 6.45) is -2.91. The zero-order valence-corrected chi connectivity index (χ0v) is 15.8. The molecule has 4 rings (SSSR count). The van der Waals surface area contributed by atoms with E-state index < -0.39 is 17.7 Å². The lowest BCUT2D eigenvalue weighted by atomic mass is 10.1. The number of alkyl halides is 3. The Morgan fingerprint density at radius 3 is 2.62 bits per heavy atom. The Labute approximate surface area is 164 Å². The largest absolute Gasteiger partial charge is 0.462 e. The van der Waals surface area contributed by atoms with Crippen molar-refractivity contribution >= 4 is 27.8 Å². The molecule has 0 atom stereocenters. The van der Waals surface area contributed by atoms with Crippen LogP contribution >= 0.6 is 0 Å². The van der Waals surface area contributed by atoms with Crippen LogP contribution in [0.4, 0.5) is 13.2 Å². The molecule has 0 radical (unpaired) electrons. The Kier molecular flexibility index (Phi) is 4.61. The number of carbonyl (C=O) groups is 1. The Morgan fingerprint density at radius 1 is 1.17 bits per heavy atom. The van der Waals surface area contributed by atoms with Gasteiger partial charge in [0.25, 0.3) is 0 Å². The predicted molar refractivity (Wildman–Crippen MR) is 103 cm³/mol. The maximum atomic E-state index is 13.3. The molecule has 0 N–H and O–H groups in total. The molecule has 2 aromatic carbocycles. The van der Waals surface area contributed by atoms with Crippen molar-refractivity contribution in [3.05, 3.63) is 71.1 Å². The summed E-state index contributed by atoms with van der Waals surface area (Å²) in [6.45, 7) is 3.89. The lowest BCUT2D eigenvalue weighted by molar-refractivity contribution is -0.137. The van der Waals surface area contributed by atoms with E-state index in [2.05, 4.69) is 0 Å². The second kappa shape index (κ2) is 6.99. The summed E-state index contributed by atoms with van der Waals surface area (Å²) in [7, 11) is 0. The highest BCUT2D eigenvalue weighted by molar-refractivity contribution is 6.03. The van der Waals surface area contributed by atoms with Gasteiger partial charge in [-0.25, -0.2) is 4.79 Å². The molecule has 29 heavy (non-hydrogen) atoms. The Balaban J connectivity index is 1.86. The lowest BCUT2D eigenvalue weighted by Gasteiger charge is -2.13. The lowest BCUT2D eigenvalue weighted by Crippen LogP contribution is -2.12. The number of aryl methyl sites for hydroxylation is 1. The highest BCUT2D eigenvalue weighted by atomic mass is 19.4. The number of ether oxygens (including phenoxy) is 1. The number of nitrogens with zero attached hydrogens (tertiary/aromatic N) is 1. The molecule has 0 aliphatic heterocycles. The van der Waals surface area contributed by atoms with Gasteiger partial charge in [0.1, 0.15) is 11.3 Å². The van der Waals surface area contributed by atoms with Crippen molar-refractivity contribution in [2.24, 2.45) is 0 Å². The second-order valence-corrected chi connectivity index (χ2v) is 6.77. The quantitative estimate of drug-likeness (QED) is 0.398. The monoisotopic (exact) mass is 401 g/mol. The number of halogens is 3. The molecular weight excluding hydrogens is 383 g/mol. The van der Waals surface area contributed by atoms with Crippen LogP contribution in [-0.2, 0) is 17.5 Å². The van der Waals surface area contributed by atoms with Crippen molar-refractivity contribution in [2.45, 2.75) is 26.6 Å². The van der Waals surface area contributed by atoms with Gasteiger partial charge in [-0.05, 0) is 38.1 Å². The maximum absolute atomic E-state index is 13.3. The van der Waals surface area contributed by atoms with E-state index in [1.165, 1.54) is 0 Å². The standard InChI is InChI=1S/C22H18F3NO3/c1-3-28-21(27)17-11-15(22(23,24)25)10-14-8-9-26(20(14)17)12-19-13(2)16-6-4-5-7-18(16)29-19/h4-11H,3,12H2,1-2H3.